The van der Waals surface area contributed by atoms with E-state index < -0.39 is 6.10 Å². The largest absolute Gasteiger partial charge is 0.462 e. The summed E-state index contributed by atoms with van der Waals surface area (Å²) < 4.78 is 16.8. The van der Waals surface area contributed by atoms with Gasteiger partial charge in [0.1, 0.15) is 13.2 Å². The molecule has 6 nitrogen and oxygen atoms in total. The van der Waals surface area contributed by atoms with Crippen LogP contribution < -0.4 is 0 Å². The van der Waals surface area contributed by atoms with Crippen LogP contribution in [0.3, 0.4) is 0 Å². The maximum atomic E-state index is 12.9. The van der Waals surface area contributed by atoms with Gasteiger partial charge in [-0.3, -0.25) is 14.4 Å². The van der Waals surface area contributed by atoms with Crippen molar-refractivity contribution in [2.24, 2.45) is 0 Å². The molecule has 0 saturated carbocycles. The highest BCUT2D eigenvalue weighted by atomic mass is 16.6. The molecule has 79 heavy (non-hydrogen) atoms. The molecule has 0 bridgehead atoms. The predicted octanol–water partition coefficient (Wildman–Crippen LogP) is 22.5. The number of hydrogen-bond acceptors (Lipinski definition) is 6. The fourth-order valence-corrected chi connectivity index (χ4v) is 8.81. The summed E-state index contributed by atoms with van der Waals surface area (Å²) in [6, 6.07) is 0. The molecule has 0 rings (SSSR count). The van der Waals surface area contributed by atoms with Crippen LogP contribution in [0.5, 0.6) is 0 Å². The number of allylic oxidation sites excluding steroid dienone is 22. The van der Waals surface area contributed by atoms with E-state index in [0.29, 0.717) is 19.3 Å². The lowest BCUT2D eigenvalue weighted by Gasteiger charge is -2.18. The minimum absolute atomic E-state index is 0.109. The first-order chi connectivity index (χ1) is 39.0. The molecule has 0 amide bonds. The van der Waals surface area contributed by atoms with Crippen molar-refractivity contribution in [3.05, 3.63) is 134 Å². The van der Waals surface area contributed by atoms with Gasteiger partial charge in [-0.25, -0.2) is 0 Å². The van der Waals surface area contributed by atoms with Crippen molar-refractivity contribution >= 4 is 17.9 Å². The van der Waals surface area contributed by atoms with Gasteiger partial charge in [0.2, 0.25) is 0 Å². The van der Waals surface area contributed by atoms with E-state index in [0.717, 1.165) is 116 Å². The van der Waals surface area contributed by atoms with Crippen molar-refractivity contribution in [2.45, 2.75) is 297 Å². The molecular weight excluding hydrogens is 973 g/mol. The Morgan fingerprint density at radius 1 is 0.266 bits per heavy atom. The second kappa shape index (κ2) is 66.1. The fourth-order valence-electron chi connectivity index (χ4n) is 8.81. The second-order valence-corrected chi connectivity index (χ2v) is 21.3. The monoisotopic (exact) mass is 1090 g/mol. The van der Waals surface area contributed by atoms with Crippen molar-refractivity contribution in [2.75, 3.05) is 13.2 Å². The smallest absolute Gasteiger partial charge is 0.306 e. The van der Waals surface area contributed by atoms with Gasteiger partial charge in [0.05, 0.1) is 0 Å². The van der Waals surface area contributed by atoms with Gasteiger partial charge in [-0.05, 0) is 122 Å². The molecule has 0 aliphatic rings. The van der Waals surface area contributed by atoms with Gasteiger partial charge in [0.25, 0.3) is 0 Å². The summed E-state index contributed by atoms with van der Waals surface area (Å²) >= 11 is 0. The Morgan fingerprint density at radius 3 is 0.848 bits per heavy atom. The summed E-state index contributed by atoms with van der Waals surface area (Å²) in [4.78, 5) is 38.3. The van der Waals surface area contributed by atoms with E-state index in [-0.39, 0.29) is 37.5 Å². The van der Waals surface area contributed by atoms with Crippen LogP contribution in [0.1, 0.15) is 290 Å². The van der Waals surface area contributed by atoms with E-state index in [9.17, 15) is 14.4 Å². The molecule has 0 aromatic rings. The minimum Gasteiger partial charge on any atom is -0.462 e. The van der Waals surface area contributed by atoms with Crippen molar-refractivity contribution < 1.29 is 28.6 Å². The number of unbranched alkanes of at least 4 members (excludes halogenated alkanes) is 25. The molecule has 0 aliphatic heterocycles. The van der Waals surface area contributed by atoms with Crippen molar-refractivity contribution in [3.63, 3.8) is 0 Å². The topological polar surface area (TPSA) is 78.9 Å². The molecule has 0 aromatic heterocycles. The van der Waals surface area contributed by atoms with Gasteiger partial charge in [-0.1, -0.05) is 283 Å². The highest BCUT2D eigenvalue weighted by Gasteiger charge is 2.19. The molecule has 0 aromatic carbocycles. The third kappa shape index (κ3) is 64.3. The van der Waals surface area contributed by atoms with E-state index in [1.807, 2.05) is 6.08 Å². The van der Waals surface area contributed by atoms with Crippen LogP contribution in [-0.4, -0.2) is 37.2 Å². The second-order valence-electron chi connectivity index (χ2n) is 21.3. The molecule has 0 heterocycles. The summed E-state index contributed by atoms with van der Waals surface area (Å²) in [5, 5.41) is 0. The van der Waals surface area contributed by atoms with E-state index in [2.05, 4.69) is 148 Å². The first-order valence-corrected chi connectivity index (χ1v) is 32.7. The summed E-state index contributed by atoms with van der Waals surface area (Å²) in [5.41, 5.74) is 0. The zero-order chi connectivity index (χ0) is 57.1. The van der Waals surface area contributed by atoms with Crippen LogP contribution in [0.2, 0.25) is 0 Å². The molecule has 448 valence electrons. The van der Waals surface area contributed by atoms with Gasteiger partial charge in [0, 0.05) is 19.3 Å². The number of hydrogen-bond donors (Lipinski definition) is 0. The summed E-state index contributed by atoms with van der Waals surface area (Å²) in [6.07, 6.45) is 93.4. The average Bonchev–Trinajstić information content (AvgIpc) is 3.45. The van der Waals surface area contributed by atoms with Crippen LogP contribution in [0.25, 0.3) is 0 Å². The first-order valence-electron chi connectivity index (χ1n) is 32.7. The van der Waals surface area contributed by atoms with E-state index in [1.54, 1.807) is 0 Å². The lowest BCUT2D eigenvalue weighted by molar-refractivity contribution is -0.166. The van der Waals surface area contributed by atoms with Crippen LogP contribution in [0.4, 0.5) is 0 Å². The van der Waals surface area contributed by atoms with Crippen molar-refractivity contribution in [3.8, 4) is 0 Å². The third-order valence-electron chi connectivity index (χ3n) is 13.6. The van der Waals surface area contributed by atoms with Gasteiger partial charge < -0.3 is 14.2 Å². The zero-order valence-electron chi connectivity index (χ0n) is 51.3. The molecule has 1 atom stereocenters. The molecule has 0 N–H and O–H groups in total. The van der Waals surface area contributed by atoms with E-state index >= 15 is 0 Å². The van der Waals surface area contributed by atoms with Crippen LogP contribution in [-0.2, 0) is 28.6 Å². The highest BCUT2D eigenvalue weighted by molar-refractivity contribution is 5.71. The maximum absolute atomic E-state index is 12.9. The Labute approximate surface area is 487 Å². The van der Waals surface area contributed by atoms with Gasteiger partial charge in [0.15, 0.2) is 6.10 Å². The normalized spacial score (nSPS) is 13.0. The van der Waals surface area contributed by atoms with Gasteiger partial charge in [-0.15, -0.1) is 0 Å². The molecule has 0 aliphatic carbocycles. The summed E-state index contributed by atoms with van der Waals surface area (Å²) in [7, 11) is 0. The molecule has 0 saturated heterocycles. The minimum atomic E-state index is -0.820. The lowest BCUT2D eigenvalue weighted by Crippen LogP contribution is -2.30. The predicted molar refractivity (Wildman–Crippen MR) is 343 cm³/mol. The Hall–Kier alpha value is -4.45. The standard InChI is InChI=1S/C73H120O6/c1-4-7-10-13-16-19-22-25-27-29-31-32-33-34-35-36-37-38-39-40-42-43-45-48-51-54-57-60-63-66-72(75)78-69-70(68-77-71(74)65-62-59-56-53-50-47-24-21-18-15-12-9-6-3)79-73(76)67-64-61-58-55-52-49-46-44-41-30-28-26-23-20-17-14-11-8-5-2/h8-9,11-12,17-18,20-22,25-26,28-29,31,33-34,41,44,47,50,56,59,70H,4-7,10,13-16,19,23-24,27,30,32,35-40,42-43,45-46,48-49,51-55,57-58,60-69H2,1-3H3/b11-8-,12-9-,20-17-,21-18-,25-22-,28-26-,31-29-,34-33-,44-41-,50-47-,59-56-. The summed E-state index contributed by atoms with van der Waals surface area (Å²) in [5.74, 6) is -1.01. The summed E-state index contributed by atoms with van der Waals surface area (Å²) in [6.45, 7) is 6.33. The highest BCUT2D eigenvalue weighted by Crippen LogP contribution is 2.16. The Balaban J connectivity index is 4.33. The first kappa shape index (κ1) is 74.5. The number of esters is 3. The lowest BCUT2D eigenvalue weighted by atomic mass is 10.0. The Kier molecular flexibility index (Phi) is 62.3. The fraction of sp³-hybridized carbons (Fsp3) is 0.658. The van der Waals surface area contributed by atoms with Crippen LogP contribution >= 0.6 is 0 Å². The molecular formula is C73H120O6. The number of ether oxygens (including phenoxy) is 3. The molecule has 0 spiro atoms. The van der Waals surface area contributed by atoms with Crippen molar-refractivity contribution in [1.82, 2.24) is 0 Å². The zero-order valence-corrected chi connectivity index (χ0v) is 51.3. The number of carbonyl (C=O) groups excluding carboxylic acids is 3. The van der Waals surface area contributed by atoms with Crippen LogP contribution in [0, 0.1) is 0 Å². The van der Waals surface area contributed by atoms with E-state index in [4.69, 9.17) is 14.2 Å². The van der Waals surface area contributed by atoms with Gasteiger partial charge >= 0.3 is 17.9 Å². The Bertz CT molecular complexity index is 1680. The molecule has 6 heteroatoms. The Morgan fingerprint density at radius 2 is 0.519 bits per heavy atom. The number of carbonyl (C=O) groups is 3. The number of rotatable bonds is 58. The van der Waals surface area contributed by atoms with E-state index in [1.165, 1.54) is 128 Å². The average molecular weight is 1090 g/mol. The SMILES string of the molecule is CC/C=C\C/C=C\C/C=C\C/C=C\CCCCCCCCC(=O)OC(COC(=O)CC/C=C\C/C=C\C/C=C\C/C=C\CC)COC(=O)CCCCCCCCCCCCCCCC/C=C\C/C=C\C/C=C\CCCCCCC. The van der Waals surface area contributed by atoms with Gasteiger partial charge in [-0.2, -0.15) is 0 Å². The molecule has 0 fully saturated rings. The van der Waals surface area contributed by atoms with Crippen LogP contribution in [0.15, 0.2) is 134 Å². The molecule has 0 radical (unpaired) electrons. The van der Waals surface area contributed by atoms with Crippen molar-refractivity contribution in [1.29, 1.82) is 0 Å². The quantitative estimate of drug-likeness (QED) is 0.0261. The third-order valence-corrected chi connectivity index (χ3v) is 13.6. The molecule has 1 unspecified atom stereocenters. The maximum Gasteiger partial charge on any atom is 0.306 e.